The lowest BCUT2D eigenvalue weighted by Gasteiger charge is -2.17. The maximum Gasteiger partial charge on any atom is 0.416 e. The average Bonchev–Trinajstić information content (AvgIpc) is 2.36. The Kier molecular flexibility index (Phi) is 5.24. The number of nitrogens with one attached hydrogen (secondary N) is 2. The van der Waals surface area contributed by atoms with Crippen LogP contribution in [0, 0.1) is 0 Å². The molecule has 0 radical (unpaired) electrons. The van der Waals surface area contributed by atoms with Gasteiger partial charge in [0.2, 0.25) is 5.91 Å². The van der Waals surface area contributed by atoms with E-state index in [2.05, 4.69) is 10.6 Å². The molecule has 1 atom stereocenters. The maximum atomic E-state index is 12.5. The highest BCUT2D eigenvalue weighted by atomic mass is 19.4. The monoisotopic (exact) mass is 289 g/mol. The Labute approximate surface area is 115 Å². The van der Waals surface area contributed by atoms with Gasteiger partial charge in [-0.05, 0) is 31.5 Å². The Balaban J connectivity index is 2.76. The van der Waals surface area contributed by atoms with Crippen LogP contribution in [0.15, 0.2) is 18.2 Å². The van der Waals surface area contributed by atoms with E-state index in [-0.39, 0.29) is 11.6 Å². The highest BCUT2D eigenvalue weighted by molar-refractivity contribution is 5.85. The molecule has 1 amide bonds. The van der Waals surface area contributed by atoms with Crippen LogP contribution in [0.2, 0.25) is 0 Å². The van der Waals surface area contributed by atoms with Crippen molar-refractivity contribution in [1.29, 1.82) is 0 Å². The molecule has 0 saturated heterocycles. The van der Waals surface area contributed by atoms with Gasteiger partial charge in [0.15, 0.2) is 0 Å². The lowest BCUT2D eigenvalue weighted by Crippen LogP contribution is -2.38. The van der Waals surface area contributed by atoms with Gasteiger partial charge in [-0.1, -0.05) is 6.92 Å². The van der Waals surface area contributed by atoms with Crippen LogP contribution in [0.4, 0.5) is 24.5 Å². The smallest absolute Gasteiger partial charge is 0.397 e. The number of carbonyl (C=O) groups excluding carboxylic acids is 1. The molecular formula is C13H18F3N3O. The summed E-state index contributed by atoms with van der Waals surface area (Å²) in [5.41, 5.74) is 5.01. The summed E-state index contributed by atoms with van der Waals surface area (Å²) in [5, 5.41) is 5.48. The summed E-state index contributed by atoms with van der Waals surface area (Å²) in [6.45, 7) is 4.08. The summed E-state index contributed by atoms with van der Waals surface area (Å²) >= 11 is 0. The molecule has 0 heterocycles. The lowest BCUT2D eigenvalue weighted by atomic mass is 10.1. The molecule has 0 aliphatic rings. The van der Waals surface area contributed by atoms with Crippen molar-refractivity contribution in [2.45, 2.75) is 32.5 Å². The predicted octanol–water partition coefficient (Wildman–Crippen LogP) is 2.61. The highest BCUT2D eigenvalue weighted by Crippen LogP contribution is 2.32. The summed E-state index contributed by atoms with van der Waals surface area (Å²) in [6, 6.07) is 2.41. The van der Waals surface area contributed by atoms with Crippen LogP contribution < -0.4 is 16.4 Å². The minimum Gasteiger partial charge on any atom is -0.397 e. The van der Waals surface area contributed by atoms with Crippen LogP contribution in [0.1, 0.15) is 25.8 Å². The second kappa shape index (κ2) is 6.49. The Morgan fingerprint density at radius 3 is 2.55 bits per heavy atom. The summed E-state index contributed by atoms with van der Waals surface area (Å²) < 4.78 is 37.5. The third kappa shape index (κ3) is 4.32. The molecule has 0 saturated carbocycles. The number of anilines is 2. The number of nitrogens with two attached hydrogens (primary N) is 1. The van der Waals surface area contributed by atoms with Gasteiger partial charge < -0.3 is 16.4 Å². The van der Waals surface area contributed by atoms with E-state index >= 15 is 0 Å². The van der Waals surface area contributed by atoms with Crippen LogP contribution in [0.5, 0.6) is 0 Å². The molecule has 4 nitrogen and oxygen atoms in total. The third-order valence-electron chi connectivity index (χ3n) is 2.69. The van der Waals surface area contributed by atoms with E-state index in [1.54, 1.807) is 6.92 Å². The molecule has 0 bridgehead atoms. The van der Waals surface area contributed by atoms with Gasteiger partial charge in [0.25, 0.3) is 0 Å². The van der Waals surface area contributed by atoms with E-state index in [4.69, 9.17) is 5.73 Å². The Hall–Kier alpha value is -1.92. The van der Waals surface area contributed by atoms with Gasteiger partial charge in [0.1, 0.15) is 6.04 Å². The molecule has 20 heavy (non-hydrogen) atoms. The second-order valence-electron chi connectivity index (χ2n) is 4.46. The molecule has 0 aromatic heterocycles. The van der Waals surface area contributed by atoms with Crippen molar-refractivity contribution >= 4 is 17.3 Å². The molecule has 1 unspecified atom stereocenters. The van der Waals surface area contributed by atoms with Crippen molar-refractivity contribution in [3.8, 4) is 0 Å². The Morgan fingerprint density at radius 1 is 1.40 bits per heavy atom. The number of benzene rings is 1. The van der Waals surface area contributed by atoms with Gasteiger partial charge in [0, 0.05) is 6.54 Å². The Bertz CT molecular complexity index is 474. The highest BCUT2D eigenvalue weighted by Gasteiger charge is 2.30. The normalized spacial score (nSPS) is 12.8. The van der Waals surface area contributed by atoms with E-state index in [9.17, 15) is 18.0 Å². The molecule has 0 fully saturated rings. The number of alkyl halides is 3. The van der Waals surface area contributed by atoms with Crippen LogP contribution in [0.3, 0.4) is 0 Å². The quantitative estimate of drug-likeness (QED) is 0.730. The van der Waals surface area contributed by atoms with Crippen LogP contribution in [-0.2, 0) is 11.0 Å². The first-order valence-corrected chi connectivity index (χ1v) is 6.26. The number of halogens is 3. The van der Waals surface area contributed by atoms with Crippen molar-refractivity contribution in [3.63, 3.8) is 0 Å². The average molecular weight is 289 g/mol. The van der Waals surface area contributed by atoms with Crippen LogP contribution >= 0.6 is 0 Å². The van der Waals surface area contributed by atoms with Gasteiger partial charge in [-0.25, -0.2) is 0 Å². The second-order valence-corrected chi connectivity index (χ2v) is 4.46. The molecule has 0 aliphatic carbocycles. The van der Waals surface area contributed by atoms with Crippen LogP contribution in [-0.4, -0.2) is 18.5 Å². The number of carbonyl (C=O) groups is 1. The van der Waals surface area contributed by atoms with Gasteiger partial charge in [-0.15, -0.1) is 0 Å². The van der Waals surface area contributed by atoms with Crippen molar-refractivity contribution in [2.24, 2.45) is 0 Å². The zero-order chi connectivity index (χ0) is 15.3. The first-order chi connectivity index (χ1) is 9.25. The molecule has 0 aliphatic heterocycles. The lowest BCUT2D eigenvalue weighted by molar-refractivity contribution is -0.137. The molecule has 1 aromatic rings. The van der Waals surface area contributed by atoms with Crippen molar-refractivity contribution < 1.29 is 18.0 Å². The SMILES string of the molecule is CCCNC(=O)C(C)Nc1ccc(C(F)(F)F)cc1N. The molecule has 0 spiro atoms. The largest absolute Gasteiger partial charge is 0.416 e. The molecule has 7 heteroatoms. The minimum atomic E-state index is -4.43. The third-order valence-corrected chi connectivity index (χ3v) is 2.69. The number of hydrogen-bond donors (Lipinski definition) is 3. The fraction of sp³-hybridized carbons (Fsp3) is 0.462. The fourth-order valence-corrected chi connectivity index (χ4v) is 1.57. The van der Waals surface area contributed by atoms with Gasteiger partial charge >= 0.3 is 6.18 Å². The number of hydrogen-bond acceptors (Lipinski definition) is 3. The van der Waals surface area contributed by atoms with E-state index in [1.165, 1.54) is 6.07 Å². The molecular weight excluding hydrogens is 271 g/mol. The molecule has 1 aromatic carbocycles. The summed E-state index contributed by atoms with van der Waals surface area (Å²) in [5.74, 6) is -0.230. The van der Waals surface area contributed by atoms with Gasteiger partial charge in [-0.3, -0.25) is 4.79 Å². The standard InChI is InChI=1S/C13H18F3N3O/c1-3-6-18-12(20)8(2)19-11-5-4-9(7-10(11)17)13(14,15)16/h4-5,7-8,19H,3,6,17H2,1-2H3,(H,18,20). The maximum absolute atomic E-state index is 12.5. The van der Waals surface area contributed by atoms with Gasteiger partial charge in [0.05, 0.1) is 16.9 Å². The van der Waals surface area contributed by atoms with Gasteiger partial charge in [-0.2, -0.15) is 13.2 Å². The van der Waals surface area contributed by atoms with Crippen molar-refractivity contribution in [1.82, 2.24) is 5.32 Å². The molecule has 4 N–H and O–H groups in total. The zero-order valence-corrected chi connectivity index (χ0v) is 11.3. The van der Waals surface area contributed by atoms with Crippen LogP contribution in [0.25, 0.3) is 0 Å². The van der Waals surface area contributed by atoms with Crippen molar-refractivity contribution in [2.75, 3.05) is 17.6 Å². The number of rotatable bonds is 5. The predicted molar refractivity (Wildman–Crippen MR) is 72.2 cm³/mol. The zero-order valence-electron chi connectivity index (χ0n) is 11.3. The first-order valence-electron chi connectivity index (χ1n) is 6.26. The van der Waals surface area contributed by atoms with Crippen molar-refractivity contribution in [3.05, 3.63) is 23.8 Å². The summed E-state index contributed by atoms with van der Waals surface area (Å²) in [4.78, 5) is 11.6. The summed E-state index contributed by atoms with van der Waals surface area (Å²) in [7, 11) is 0. The minimum absolute atomic E-state index is 0.0463. The first kappa shape index (κ1) is 16.1. The fourth-order valence-electron chi connectivity index (χ4n) is 1.57. The van der Waals surface area contributed by atoms with E-state index in [1.807, 2.05) is 6.92 Å². The van der Waals surface area contributed by atoms with E-state index < -0.39 is 17.8 Å². The molecule has 112 valence electrons. The number of amides is 1. The summed E-state index contributed by atoms with van der Waals surface area (Å²) in [6.07, 6.45) is -3.63. The Morgan fingerprint density at radius 2 is 2.05 bits per heavy atom. The topological polar surface area (TPSA) is 67.2 Å². The van der Waals surface area contributed by atoms with E-state index in [0.717, 1.165) is 18.6 Å². The van der Waals surface area contributed by atoms with E-state index in [0.29, 0.717) is 12.2 Å². The number of nitrogen functional groups attached to an aromatic ring is 1. The molecule has 1 rings (SSSR count).